The van der Waals surface area contributed by atoms with E-state index in [0.29, 0.717) is 53.6 Å². The third-order valence-electron chi connectivity index (χ3n) is 5.10. The van der Waals surface area contributed by atoms with E-state index in [1.54, 1.807) is 24.3 Å². The van der Waals surface area contributed by atoms with E-state index < -0.39 is 5.82 Å². The van der Waals surface area contributed by atoms with Gasteiger partial charge in [-0.15, -0.1) is 0 Å². The number of rotatable bonds is 8. The fourth-order valence-electron chi connectivity index (χ4n) is 3.42. The van der Waals surface area contributed by atoms with Gasteiger partial charge in [-0.1, -0.05) is 17.7 Å². The quantitative estimate of drug-likeness (QED) is 0.457. The van der Waals surface area contributed by atoms with Crippen molar-refractivity contribution in [2.24, 2.45) is 0 Å². The van der Waals surface area contributed by atoms with E-state index in [4.69, 9.17) is 21.1 Å². The largest absolute Gasteiger partial charge is 0.486 e. The smallest absolute Gasteiger partial charge is 0.248 e. The molecule has 1 unspecified atom stereocenters. The molecule has 1 aromatic heterocycles. The van der Waals surface area contributed by atoms with Crippen LogP contribution in [-0.2, 0) is 9.53 Å². The van der Waals surface area contributed by atoms with Crippen LogP contribution in [0.1, 0.15) is 6.42 Å². The van der Waals surface area contributed by atoms with Crippen LogP contribution in [0.15, 0.2) is 48.8 Å². The Labute approximate surface area is 201 Å². The number of ether oxygens (including phenoxy) is 2. The minimum absolute atomic E-state index is 0.00436. The zero-order valence-corrected chi connectivity index (χ0v) is 19.6. The second kappa shape index (κ2) is 10.8. The molecule has 178 valence electrons. The monoisotopic (exact) mass is 485 g/mol. The normalized spacial score (nSPS) is 15.9. The number of fused-ring (bicyclic) bond motifs is 1. The van der Waals surface area contributed by atoms with E-state index in [9.17, 15) is 9.18 Å². The van der Waals surface area contributed by atoms with E-state index in [-0.39, 0.29) is 17.0 Å². The third kappa shape index (κ3) is 5.99. The van der Waals surface area contributed by atoms with Crippen molar-refractivity contribution in [2.75, 3.05) is 44.5 Å². The highest BCUT2D eigenvalue weighted by Crippen LogP contribution is 2.35. The van der Waals surface area contributed by atoms with Crippen LogP contribution in [0.5, 0.6) is 5.75 Å². The predicted octanol–water partition coefficient (Wildman–Crippen LogP) is 4.39. The molecule has 8 nitrogen and oxygen atoms in total. The number of nitrogens with one attached hydrogen (secondary N) is 2. The minimum Gasteiger partial charge on any atom is -0.486 e. The Hall–Kier alpha value is -3.27. The molecule has 10 heteroatoms. The number of carbonyl (C=O) groups excluding carboxylic acids is 1. The fraction of sp³-hybridized carbons (Fsp3) is 0.292. The average Bonchev–Trinajstić information content (AvgIpc) is 3.30. The van der Waals surface area contributed by atoms with Crippen molar-refractivity contribution >= 4 is 45.6 Å². The number of likely N-dealkylation sites (N-methyl/N-ethyl adjacent to an activating group) is 1. The Morgan fingerprint density at radius 2 is 2.18 bits per heavy atom. The molecule has 0 spiro atoms. The lowest BCUT2D eigenvalue weighted by molar-refractivity contribution is -0.111. The first kappa shape index (κ1) is 23.9. The topological polar surface area (TPSA) is 88.6 Å². The summed E-state index contributed by atoms with van der Waals surface area (Å²) >= 11 is 5.91. The maximum Gasteiger partial charge on any atom is 0.248 e. The van der Waals surface area contributed by atoms with E-state index in [1.807, 2.05) is 19.0 Å². The number of hydrogen-bond acceptors (Lipinski definition) is 7. The molecule has 3 aromatic rings. The summed E-state index contributed by atoms with van der Waals surface area (Å²) in [5.74, 6) is 0.170. The van der Waals surface area contributed by atoms with Gasteiger partial charge in [-0.2, -0.15) is 0 Å². The van der Waals surface area contributed by atoms with Crippen LogP contribution in [0.2, 0.25) is 5.02 Å². The lowest BCUT2D eigenvalue weighted by atomic mass is 10.1. The van der Waals surface area contributed by atoms with E-state index in [1.165, 1.54) is 24.5 Å². The summed E-state index contributed by atoms with van der Waals surface area (Å²) in [5.41, 5.74) is 1.65. The lowest BCUT2D eigenvalue weighted by Crippen LogP contribution is -2.18. The number of aromatic nitrogens is 2. The molecule has 1 fully saturated rings. The molecule has 4 rings (SSSR count). The van der Waals surface area contributed by atoms with Crippen molar-refractivity contribution in [3.05, 3.63) is 59.7 Å². The Kier molecular flexibility index (Phi) is 7.56. The Balaban J connectivity index is 1.68. The van der Waals surface area contributed by atoms with Crippen molar-refractivity contribution in [3.8, 4) is 5.75 Å². The maximum absolute atomic E-state index is 13.6. The summed E-state index contributed by atoms with van der Waals surface area (Å²) in [6, 6.07) is 7.82. The van der Waals surface area contributed by atoms with Gasteiger partial charge in [0.1, 0.15) is 29.8 Å². The molecule has 2 N–H and O–H groups in total. The molecule has 0 aliphatic carbocycles. The SMILES string of the molecule is CN(C)C/C=C\C(=O)Nc1cc2c(Nc3ccc(F)c(Cl)c3)ncnc2cc1OC1CCOC1. The summed E-state index contributed by atoms with van der Waals surface area (Å²) in [4.78, 5) is 23.2. The molecular weight excluding hydrogens is 461 g/mol. The van der Waals surface area contributed by atoms with Gasteiger partial charge in [0.2, 0.25) is 5.91 Å². The van der Waals surface area contributed by atoms with Crippen LogP contribution in [0.25, 0.3) is 10.9 Å². The van der Waals surface area contributed by atoms with Crippen LogP contribution in [0, 0.1) is 5.82 Å². The van der Waals surface area contributed by atoms with Gasteiger partial charge in [0, 0.05) is 36.2 Å². The lowest BCUT2D eigenvalue weighted by Gasteiger charge is -2.17. The van der Waals surface area contributed by atoms with E-state index >= 15 is 0 Å². The first-order valence-corrected chi connectivity index (χ1v) is 11.1. The van der Waals surface area contributed by atoms with Crippen molar-refractivity contribution in [3.63, 3.8) is 0 Å². The molecule has 2 heterocycles. The number of anilines is 3. The molecule has 2 aromatic carbocycles. The number of carbonyl (C=O) groups is 1. The Morgan fingerprint density at radius 1 is 1.32 bits per heavy atom. The molecule has 1 aliphatic heterocycles. The van der Waals surface area contributed by atoms with Gasteiger partial charge in [0.15, 0.2) is 0 Å². The summed E-state index contributed by atoms with van der Waals surface area (Å²) in [6.07, 6.45) is 5.32. The first-order valence-electron chi connectivity index (χ1n) is 10.8. The van der Waals surface area contributed by atoms with Gasteiger partial charge in [-0.05, 0) is 38.4 Å². The second-order valence-corrected chi connectivity index (χ2v) is 8.51. The zero-order chi connectivity index (χ0) is 24.1. The third-order valence-corrected chi connectivity index (χ3v) is 5.39. The standard InChI is InChI=1S/C24H25ClFN5O3/c1-31(2)8-3-4-23(32)30-21-11-17-20(12-22(21)34-16-7-9-33-13-16)27-14-28-24(17)29-15-5-6-19(26)18(25)10-15/h3-6,10-12,14,16H,7-9,13H2,1-2H3,(H,30,32)(H,27,28,29)/b4-3-. The number of benzene rings is 2. The van der Waals surface area contributed by atoms with Crippen LogP contribution >= 0.6 is 11.6 Å². The summed E-state index contributed by atoms with van der Waals surface area (Å²) in [5, 5.41) is 6.67. The van der Waals surface area contributed by atoms with Crippen molar-refractivity contribution in [2.45, 2.75) is 12.5 Å². The molecule has 0 radical (unpaired) electrons. The first-order chi connectivity index (χ1) is 16.4. The van der Waals surface area contributed by atoms with Crippen molar-refractivity contribution < 1.29 is 18.7 Å². The second-order valence-electron chi connectivity index (χ2n) is 8.10. The Bertz CT molecular complexity index is 1210. The number of amides is 1. The maximum atomic E-state index is 13.6. The molecule has 1 aliphatic rings. The zero-order valence-electron chi connectivity index (χ0n) is 18.8. The van der Waals surface area contributed by atoms with Gasteiger partial charge in [0.05, 0.1) is 29.4 Å². The van der Waals surface area contributed by atoms with E-state index in [0.717, 1.165) is 6.42 Å². The number of nitrogens with zero attached hydrogens (tertiary/aromatic N) is 3. The molecule has 1 amide bonds. The van der Waals surface area contributed by atoms with Gasteiger partial charge in [0.25, 0.3) is 0 Å². The van der Waals surface area contributed by atoms with E-state index in [2.05, 4.69) is 20.6 Å². The minimum atomic E-state index is -0.509. The van der Waals surface area contributed by atoms with Crippen molar-refractivity contribution in [1.29, 1.82) is 0 Å². The van der Waals surface area contributed by atoms with Crippen LogP contribution in [-0.4, -0.2) is 60.7 Å². The average molecular weight is 486 g/mol. The van der Waals surface area contributed by atoms with Gasteiger partial charge < -0.3 is 25.0 Å². The summed E-state index contributed by atoms with van der Waals surface area (Å²) in [6.45, 7) is 1.75. The molecule has 0 saturated carbocycles. The molecule has 1 atom stereocenters. The summed E-state index contributed by atoms with van der Waals surface area (Å²) in [7, 11) is 3.84. The van der Waals surface area contributed by atoms with Gasteiger partial charge in [-0.25, -0.2) is 14.4 Å². The highest BCUT2D eigenvalue weighted by molar-refractivity contribution is 6.31. The predicted molar refractivity (Wildman–Crippen MR) is 130 cm³/mol. The van der Waals surface area contributed by atoms with Gasteiger partial charge >= 0.3 is 0 Å². The van der Waals surface area contributed by atoms with Crippen LogP contribution < -0.4 is 15.4 Å². The number of halogens is 2. The highest BCUT2D eigenvalue weighted by Gasteiger charge is 2.20. The fourth-order valence-corrected chi connectivity index (χ4v) is 3.60. The molecule has 0 bridgehead atoms. The Morgan fingerprint density at radius 3 is 2.91 bits per heavy atom. The highest BCUT2D eigenvalue weighted by atomic mass is 35.5. The van der Waals surface area contributed by atoms with Crippen molar-refractivity contribution in [1.82, 2.24) is 14.9 Å². The number of hydrogen-bond donors (Lipinski definition) is 2. The van der Waals surface area contributed by atoms with Crippen LogP contribution in [0.3, 0.4) is 0 Å². The molecular formula is C24H25ClFN5O3. The molecule has 1 saturated heterocycles. The summed E-state index contributed by atoms with van der Waals surface area (Å²) < 4.78 is 25.1. The van der Waals surface area contributed by atoms with Crippen LogP contribution in [0.4, 0.5) is 21.6 Å². The van der Waals surface area contributed by atoms with Gasteiger partial charge in [-0.3, -0.25) is 4.79 Å². The molecule has 34 heavy (non-hydrogen) atoms.